The van der Waals surface area contributed by atoms with Gasteiger partial charge in [-0.3, -0.25) is 9.59 Å². The van der Waals surface area contributed by atoms with E-state index in [1.807, 2.05) is 6.92 Å². The average molecular weight is 273 g/mol. The van der Waals surface area contributed by atoms with E-state index >= 15 is 0 Å². The van der Waals surface area contributed by atoms with E-state index in [-0.39, 0.29) is 12.6 Å². The zero-order valence-electron chi connectivity index (χ0n) is 11.7. The third kappa shape index (κ3) is 8.01. The van der Waals surface area contributed by atoms with Gasteiger partial charge in [-0.1, -0.05) is 26.7 Å². The number of hydrogen-bond acceptors (Lipinski definition) is 3. The summed E-state index contributed by atoms with van der Waals surface area (Å²) in [5.74, 6) is -1.26. The first-order valence-corrected chi connectivity index (χ1v) is 6.43. The molecule has 110 valence electrons. The number of nitrogens with one attached hydrogen (secondary N) is 3. The van der Waals surface area contributed by atoms with Gasteiger partial charge in [0.05, 0.1) is 6.54 Å². The molecule has 0 bridgehead atoms. The van der Waals surface area contributed by atoms with Crippen LogP contribution in [-0.2, 0) is 9.59 Å². The van der Waals surface area contributed by atoms with Gasteiger partial charge in [-0.05, 0) is 12.8 Å². The number of carboxylic acids is 1. The lowest BCUT2D eigenvalue weighted by atomic mass is 9.96. The van der Waals surface area contributed by atoms with Gasteiger partial charge in [0, 0.05) is 6.04 Å². The summed E-state index contributed by atoms with van der Waals surface area (Å²) in [4.78, 5) is 32.9. The van der Waals surface area contributed by atoms with Crippen LogP contribution < -0.4 is 16.0 Å². The second kappa shape index (κ2) is 9.18. The fourth-order valence-corrected chi connectivity index (χ4v) is 1.77. The Morgan fingerprint density at radius 2 is 1.63 bits per heavy atom. The van der Waals surface area contributed by atoms with Gasteiger partial charge in [-0.25, -0.2) is 4.79 Å². The van der Waals surface area contributed by atoms with Gasteiger partial charge in [-0.15, -0.1) is 0 Å². The molecule has 1 unspecified atom stereocenters. The van der Waals surface area contributed by atoms with Crippen molar-refractivity contribution in [2.45, 2.75) is 39.7 Å². The minimum absolute atomic E-state index is 0.0251. The molecule has 7 nitrogen and oxygen atoms in total. The average Bonchev–Trinajstić information content (AvgIpc) is 2.35. The van der Waals surface area contributed by atoms with E-state index < -0.39 is 24.5 Å². The molecule has 0 rings (SSSR count). The minimum Gasteiger partial charge on any atom is -0.480 e. The first-order chi connectivity index (χ1) is 8.90. The van der Waals surface area contributed by atoms with E-state index in [1.165, 1.54) is 0 Å². The maximum absolute atomic E-state index is 11.5. The van der Waals surface area contributed by atoms with Gasteiger partial charge >= 0.3 is 12.0 Å². The number of carbonyl (C=O) groups excluding carboxylic acids is 2. The molecule has 0 heterocycles. The van der Waals surface area contributed by atoms with Crippen molar-refractivity contribution >= 4 is 17.9 Å². The van der Waals surface area contributed by atoms with Crippen LogP contribution in [0, 0.1) is 5.92 Å². The normalized spacial score (nSPS) is 11.8. The zero-order valence-corrected chi connectivity index (χ0v) is 11.7. The molecule has 0 aromatic carbocycles. The van der Waals surface area contributed by atoms with Crippen LogP contribution >= 0.6 is 0 Å². The van der Waals surface area contributed by atoms with Crippen LogP contribution in [0.25, 0.3) is 0 Å². The van der Waals surface area contributed by atoms with E-state index in [0.29, 0.717) is 5.92 Å². The van der Waals surface area contributed by atoms with Crippen molar-refractivity contribution in [2.75, 3.05) is 13.1 Å². The van der Waals surface area contributed by atoms with Crippen molar-refractivity contribution < 1.29 is 19.5 Å². The van der Waals surface area contributed by atoms with Gasteiger partial charge in [0.1, 0.15) is 6.54 Å². The van der Waals surface area contributed by atoms with Crippen LogP contribution in [0.3, 0.4) is 0 Å². The minimum atomic E-state index is -1.12. The highest BCUT2D eigenvalue weighted by molar-refractivity contribution is 5.86. The Balaban J connectivity index is 3.92. The van der Waals surface area contributed by atoms with Gasteiger partial charge in [0.25, 0.3) is 0 Å². The lowest BCUT2D eigenvalue weighted by Gasteiger charge is -2.22. The first-order valence-electron chi connectivity index (χ1n) is 6.43. The molecule has 4 N–H and O–H groups in total. The molecule has 0 aliphatic rings. The molecule has 0 aromatic rings. The summed E-state index contributed by atoms with van der Waals surface area (Å²) in [6.07, 6.45) is 1.94. The highest BCUT2D eigenvalue weighted by Gasteiger charge is 2.15. The van der Waals surface area contributed by atoms with Crippen molar-refractivity contribution in [3.63, 3.8) is 0 Å². The van der Waals surface area contributed by atoms with E-state index in [0.717, 1.165) is 12.8 Å². The number of amides is 3. The number of hydrogen-bond donors (Lipinski definition) is 4. The number of carbonyl (C=O) groups is 3. The molecule has 1 atom stereocenters. The smallest absolute Gasteiger partial charge is 0.322 e. The summed E-state index contributed by atoms with van der Waals surface area (Å²) in [6.45, 7) is 5.34. The Morgan fingerprint density at radius 1 is 1.05 bits per heavy atom. The molecule has 0 saturated heterocycles. The number of urea groups is 1. The van der Waals surface area contributed by atoms with Crippen molar-refractivity contribution in [2.24, 2.45) is 5.92 Å². The van der Waals surface area contributed by atoms with E-state index in [1.54, 1.807) is 0 Å². The Bertz CT molecular complexity index is 316. The quantitative estimate of drug-likeness (QED) is 0.510. The van der Waals surface area contributed by atoms with Crippen LogP contribution in [0.15, 0.2) is 0 Å². The second-order valence-corrected chi connectivity index (χ2v) is 4.36. The maximum atomic E-state index is 11.5. The molecule has 0 fully saturated rings. The van der Waals surface area contributed by atoms with Crippen LogP contribution in [-0.4, -0.2) is 42.1 Å². The van der Waals surface area contributed by atoms with E-state index in [9.17, 15) is 14.4 Å². The van der Waals surface area contributed by atoms with E-state index in [4.69, 9.17) is 5.11 Å². The summed E-state index contributed by atoms with van der Waals surface area (Å²) >= 11 is 0. The van der Waals surface area contributed by atoms with Gasteiger partial charge < -0.3 is 21.1 Å². The Hall–Kier alpha value is -1.79. The Kier molecular flexibility index (Phi) is 8.32. The third-order valence-electron chi connectivity index (χ3n) is 2.96. The summed E-state index contributed by atoms with van der Waals surface area (Å²) in [6, 6.07) is -0.401. The van der Waals surface area contributed by atoms with Crippen molar-refractivity contribution in [1.82, 2.24) is 16.0 Å². The van der Waals surface area contributed by atoms with Gasteiger partial charge in [-0.2, -0.15) is 0 Å². The van der Waals surface area contributed by atoms with Crippen molar-refractivity contribution in [3.05, 3.63) is 0 Å². The standard InChI is InChI=1S/C12H23N3O4/c1-4-9(5-2)8(3)15-12(19)14-6-10(16)13-7-11(17)18/h8-9H,4-7H2,1-3H3,(H,13,16)(H,17,18)(H2,14,15,19). The molecule has 19 heavy (non-hydrogen) atoms. The fourth-order valence-electron chi connectivity index (χ4n) is 1.77. The second-order valence-electron chi connectivity index (χ2n) is 4.36. The monoisotopic (exact) mass is 273 g/mol. The zero-order chi connectivity index (χ0) is 14.8. The van der Waals surface area contributed by atoms with Crippen molar-refractivity contribution in [1.29, 1.82) is 0 Å². The van der Waals surface area contributed by atoms with Crippen molar-refractivity contribution in [3.8, 4) is 0 Å². The maximum Gasteiger partial charge on any atom is 0.322 e. The Labute approximate surface area is 113 Å². The largest absolute Gasteiger partial charge is 0.480 e. The third-order valence-corrected chi connectivity index (χ3v) is 2.96. The molecular weight excluding hydrogens is 250 g/mol. The highest BCUT2D eigenvalue weighted by Crippen LogP contribution is 2.12. The molecule has 0 saturated carbocycles. The first kappa shape index (κ1) is 17.2. The van der Waals surface area contributed by atoms with E-state index in [2.05, 4.69) is 29.8 Å². The predicted molar refractivity (Wildman–Crippen MR) is 70.7 cm³/mol. The molecule has 0 aliphatic heterocycles. The molecule has 7 heteroatoms. The van der Waals surface area contributed by atoms with Crippen LogP contribution in [0.2, 0.25) is 0 Å². The predicted octanol–water partition coefficient (Wildman–Crippen LogP) is 0.311. The SMILES string of the molecule is CCC(CC)C(C)NC(=O)NCC(=O)NCC(=O)O. The van der Waals surface area contributed by atoms with Crippen LogP contribution in [0.5, 0.6) is 0 Å². The highest BCUT2D eigenvalue weighted by atomic mass is 16.4. The molecule has 0 spiro atoms. The number of carboxylic acid groups (broad SMARTS) is 1. The van der Waals surface area contributed by atoms with Gasteiger partial charge in [0.2, 0.25) is 5.91 Å². The van der Waals surface area contributed by atoms with Gasteiger partial charge in [0.15, 0.2) is 0 Å². The molecular formula is C12H23N3O4. The fraction of sp³-hybridized carbons (Fsp3) is 0.750. The topological polar surface area (TPSA) is 108 Å². The van der Waals surface area contributed by atoms with Crippen LogP contribution in [0.1, 0.15) is 33.6 Å². The lowest BCUT2D eigenvalue weighted by molar-refractivity contribution is -0.137. The number of rotatable bonds is 8. The number of aliphatic carboxylic acids is 1. The molecule has 0 radical (unpaired) electrons. The summed E-state index contributed by atoms with van der Waals surface area (Å²) in [5, 5.41) is 15.7. The summed E-state index contributed by atoms with van der Waals surface area (Å²) in [5.41, 5.74) is 0. The molecule has 0 aliphatic carbocycles. The summed E-state index contributed by atoms with van der Waals surface area (Å²) in [7, 11) is 0. The lowest BCUT2D eigenvalue weighted by Crippen LogP contribution is -2.47. The van der Waals surface area contributed by atoms with Crippen LogP contribution in [0.4, 0.5) is 4.79 Å². The molecule has 0 aromatic heterocycles. The summed E-state index contributed by atoms with van der Waals surface area (Å²) < 4.78 is 0. The molecule has 3 amide bonds. The Morgan fingerprint density at radius 3 is 2.11 bits per heavy atom.